The maximum atomic E-state index is 11.9. The van der Waals surface area contributed by atoms with Gasteiger partial charge in [0.1, 0.15) is 6.04 Å². The van der Waals surface area contributed by atoms with Crippen molar-refractivity contribution in [3.8, 4) is 0 Å². The highest BCUT2D eigenvalue weighted by molar-refractivity contribution is 5.82. The minimum absolute atomic E-state index is 0.122. The first kappa shape index (κ1) is 14.8. The first-order valence-electron chi connectivity index (χ1n) is 6.46. The zero-order chi connectivity index (χ0) is 13.7. The second kappa shape index (κ2) is 6.58. The van der Waals surface area contributed by atoms with Crippen molar-refractivity contribution in [1.29, 1.82) is 0 Å². The van der Waals surface area contributed by atoms with E-state index in [2.05, 4.69) is 17.1 Å². The minimum Gasteiger partial charge on any atom is -0.480 e. The molecule has 2 N–H and O–H groups in total. The lowest BCUT2D eigenvalue weighted by atomic mass is 10.1. The van der Waals surface area contributed by atoms with Gasteiger partial charge in [-0.05, 0) is 12.5 Å². The highest BCUT2D eigenvalue weighted by Gasteiger charge is 2.27. The van der Waals surface area contributed by atoms with E-state index in [0.29, 0.717) is 13.1 Å². The zero-order valence-corrected chi connectivity index (χ0v) is 11.3. The van der Waals surface area contributed by atoms with Gasteiger partial charge in [0.05, 0.1) is 0 Å². The molecule has 0 aromatic heterocycles. The summed E-state index contributed by atoms with van der Waals surface area (Å²) in [6, 6.07) is -1.09. The summed E-state index contributed by atoms with van der Waals surface area (Å²) in [5.74, 6) is -1.10. The molecule has 6 heteroatoms. The van der Waals surface area contributed by atoms with E-state index in [1.165, 1.54) is 0 Å². The number of hydrogen-bond acceptors (Lipinski definition) is 3. The average Bonchev–Trinajstić information content (AvgIpc) is 2.35. The van der Waals surface area contributed by atoms with E-state index in [-0.39, 0.29) is 11.9 Å². The van der Waals surface area contributed by atoms with Crippen LogP contribution in [0, 0.1) is 5.92 Å². The van der Waals surface area contributed by atoms with Crippen LogP contribution in [0.25, 0.3) is 0 Å². The summed E-state index contributed by atoms with van der Waals surface area (Å²) in [6.45, 7) is 9.66. The average molecular weight is 257 g/mol. The first-order chi connectivity index (χ1) is 8.45. The maximum Gasteiger partial charge on any atom is 0.326 e. The molecular formula is C12H23N3O3. The fraction of sp³-hybridized carbons (Fsp3) is 0.833. The molecule has 0 radical (unpaired) electrons. The minimum atomic E-state index is -0.981. The second-order valence-corrected chi connectivity index (χ2v) is 4.93. The van der Waals surface area contributed by atoms with E-state index >= 15 is 0 Å². The van der Waals surface area contributed by atoms with Crippen molar-refractivity contribution in [2.75, 3.05) is 32.7 Å². The number of aliphatic carboxylic acids is 1. The van der Waals surface area contributed by atoms with Crippen LogP contribution in [0.3, 0.4) is 0 Å². The molecule has 1 aliphatic heterocycles. The number of carbonyl (C=O) groups is 2. The van der Waals surface area contributed by atoms with Crippen LogP contribution in [0.4, 0.5) is 4.79 Å². The lowest BCUT2D eigenvalue weighted by Crippen LogP contribution is -2.55. The number of carboxylic acids is 1. The van der Waals surface area contributed by atoms with Crippen LogP contribution in [-0.4, -0.2) is 65.7 Å². The van der Waals surface area contributed by atoms with Crippen molar-refractivity contribution in [1.82, 2.24) is 15.1 Å². The van der Waals surface area contributed by atoms with Gasteiger partial charge in [-0.25, -0.2) is 9.59 Å². The number of nitrogens with zero attached hydrogens (tertiary/aromatic N) is 2. The Bertz CT molecular complexity index is 299. The number of hydrogen-bond donors (Lipinski definition) is 2. The van der Waals surface area contributed by atoms with Crippen LogP contribution < -0.4 is 5.32 Å². The van der Waals surface area contributed by atoms with E-state index < -0.39 is 12.0 Å². The first-order valence-corrected chi connectivity index (χ1v) is 6.46. The van der Waals surface area contributed by atoms with Crippen LogP contribution >= 0.6 is 0 Å². The highest BCUT2D eigenvalue weighted by Crippen LogP contribution is 2.05. The third kappa shape index (κ3) is 3.87. The number of rotatable bonds is 4. The molecule has 0 aromatic rings. The van der Waals surface area contributed by atoms with E-state index in [0.717, 1.165) is 19.6 Å². The van der Waals surface area contributed by atoms with Crippen LogP contribution in [-0.2, 0) is 4.79 Å². The van der Waals surface area contributed by atoms with Gasteiger partial charge >= 0.3 is 12.0 Å². The summed E-state index contributed by atoms with van der Waals surface area (Å²) in [6.07, 6.45) is 0. The van der Waals surface area contributed by atoms with E-state index in [1.807, 2.05) is 0 Å². The molecule has 0 saturated carbocycles. The predicted octanol–water partition coefficient (Wildman–Crippen LogP) is 0.443. The number of nitrogens with one attached hydrogen (secondary N) is 1. The molecule has 0 bridgehead atoms. The van der Waals surface area contributed by atoms with E-state index in [1.54, 1.807) is 18.7 Å². The second-order valence-electron chi connectivity index (χ2n) is 4.93. The normalized spacial score (nSPS) is 18.8. The molecule has 104 valence electrons. The Morgan fingerprint density at radius 1 is 1.22 bits per heavy atom. The van der Waals surface area contributed by atoms with E-state index in [9.17, 15) is 9.59 Å². The Labute approximate surface area is 108 Å². The molecular weight excluding hydrogens is 234 g/mol. The zero-order valence-electron chi connectivity index (χ0n) is 11.3. The Hall–Kier alpha value is -1.30. The summed E-state index contributed by atoms with van der Waals surface area (Å²) in [7, 11) is 0. The van der Waals surface area contributed by atoms with Gasteiger partial charge in [0.2, 0.25) is 0 Å². The van der Waals surface area contributed by atoms with E-state index in [4.69, 9.17) is 5.11 Å². The van der Waals surface area contributed by atoms with Gasteiger partial charge in [0.25, 0.3) is 0 Å². The fourth-order valence-corrected chi connectivity index (χ4v) is 2.01. The summed E-state index contributed by atoms with van der Waals surface area (Å²) in [4.78, 5) is 26.9. The Morgan fingerprint density at radius 3 is 2.17 bits per heavy atom. The third-order valence-electron chi connectivity index (χ3n) is 3.32. The third-order valence-corrected chi connectivity index (χ3v) is 3.32. The molecule has 2 amide bonds. The fourth-order valence-electron chi connectivity index (χ4n) is 2.01. The standard InChI is InChI=1S/C12H23N3O3/c1-4-14-5-7-15(8-6-14)12(18)13-10(9(2)3)11(16)17/h9-10H,4-8H2,1-3H3,(H,13,18)(H,16,17)/t10-/m0/s1. The molecule has 1 fully saturated rings. The predicted molar refractivity (Wildman–Crippen MR) is 68.5 cm³/mol. The number of carboxylic acid groups (broad SMARTS) is 1. The highest BCUT2D eigenvalue weighted by atomic mass is 16.4. The van der Waals surface area contributed by atoms with Gasteiger partial charge in [-0.15, -0.1) is 0 Å². The van der Waals surface area contributed by atoms with Crippen LogP contribution in [0.5, 0.6) is 0 Å². The van der Waals surface area contributed by atoms with Crippen molar-refractivity contribution >= 4 is 12.0 Å². The molecule has 0 unspecified atom stereocenters. The van der Waals surface area contributed by atoms with Crippen molar-refractivity contribution in [2.45, 2.75) is 26.8 Å². The molecule has 18 heavy (non-hydrogen) atoms. The number of urea groups is 1. The molecule has 1 heterocycles. The van der Waals surface area contributed by atoms with Crippen molar-refractivity contribution < 1.29 is 14.7 Å². The molecule has 0 aromatic carbocycles. The molecule has 0 aliphatic carbocycles. The van der Waals surface area contributed by atoms with Gasteiger partial charge < -0.3 is 20.2 Å². The molecule has 0 spiro atoms. The summed E-state index contributed by atoms with van der Waals surface area (Å²) < 4.78 is 0. The Kier molecular flexibility index (Phi) is 5.40. The number of likely N-dealkylation sites (N-methyl/N-ethyl adjacent to an activating group) is 1. The molecule has 1 saturated heterocycles. The van der Waals surface area contributed by atoms with Gasteiger partial charge in [0.15, 0.2) is 0 Å². The summed E-state index contributed by atoms with van der Waals surface area (Å²) >= 11 is 0. The van der Waals surface area contributed by atoms with Crippen molar-refractivity contribution in [2.24, 2.45) is 5.92 Å². The lowest BCUT2D eigenvalue weighted by Gasteiger charge is -2.34. The molecule has 6 nitrogen and oxygen atoms in total. The van der Waals surface area contributed by atoms with Crippen LogP contribution in [0.1, 0.15) is 20.8 Å². The Balaban J connectivity index is 2.48. The number of carbonyl (C=O) groups excluding carboxylic acids is 1. The maximum absolute atomic E-state index is 11.9. The number of amides is 2. The van der Waals surface area contributed by atoms with Crippen LogP contribution in [0.15, 0.2) is 0 Å². The summed E-state index contributed by atoms with van der Waals surface area (Å²) in [5, 5.41) is 11.6. The number of piperazine rings is 1. The van der Waals surface area contributed by atoms with Crippen molar-refractivity contribution in [3.63, 3.8) is 0 Å². The molecule has 1 atom stereocenters. The van der Waals surface area contributed by atoms with Crippen LogP contribution in [0.2, 0.25) is 0 Å². The topological polar surface area (TPSA) is 72.9 Å². The molecule has 1 rings (SSSR count). The van der Waals surface area contributed by atoms with Crippen molar-refractivity contribution in [3.05, 3.63) is 0 Å². The quantitative estimate of drug-likeness (QED) is 0.766. The largest absolute Gasteiger partial charge is 0.480 e. The Morgan fingerprint density at radius 2 is 1.78 bits per heavy atom. The van der Waals surface area contributed by atoms with Gasteiger partial charge in [-0.1, -0.05) is 20.8 Å². The smallest absolute Gasteiger partial charge is 0.326 e. The molecule has 1 aliphatic rings. The summed E-state index contributed by atoms with van der Waals surface area (Å²) in [5.41, 5.74) is 0. The van der Waals surface area contributed by atoms with Gasteiger partial charge in [0, 0.05) is 26.2 Å². The van der Waals surface area contributed by atoms with Gasteiger partial charge in [-0.3, -0.25) is 0 Å². The SMILES string of the molecule is CCN1CCN(C(=O)N[C@H](C(=O)O)C(C)C)CC1. The monoisotopic (exact) mass is 257 g/mol. The lowest BCUT2D eigenvalue weighted by molar-refractivity contribution is -0.140. The van der Waals surface area contributed by atoms with Gasteiger partial charge in [-0.2, -0.15) is 0 Å².